The summed E-state index contributed by atoms with van der Waals surface area (Å²) in [6, 6.07) is 8.60. The predicted octanol–water partition coefficient (Wildman–Crippen LogP) is 4.11. The highest BCUT2D eigenvalue weighted by Crippen LogP contribution is 2.18. The quantitative estimate of drug-likeness (QED) is 0.540. The monoisotopic (exact) mass is 385 g/mol. The van der Waals surface area contributed by atoms with Crippen molar-refractivity contribution in [1.29, 1.82) is 0 Å². The fraction of sp³-hybridized carbons (Fsp3) is 0.609. The van der Waals surface area contributed by atoms with Crippen LogP contribution in [0.15, 0.2) is 30.5 Å². The van der Waals surface area contributed by atoms with Crippen LogP contribution >= 0.6 is 0 Å². The van der Waals surface area contributed by atoms with Crippen molar-refractivity contribution in [1.82, 2.24) is 14.9 Å². The molecule has 1 fully saturated rings. The lowest BCUT2D eigenvalue weighted by Crippen LogP contribution is -2.29. The lowest BCUT2D eigenvalue weighted by atomic mass is 10.1. The number of hydrogen-bond acceptors (Lipinski definition) is 4. The predicted molar refractivity (Wildman–Crippen MR) is 113 cm³/mol. The van der Waals surface area contributed by atoms with E-state index in [0.717, 1.165) is 49.7 Å². The van der Waals surface area contributed by atoms with Gasteiger partial charge in [0.05, 0.1) is 6.61 Å². The number of unbranched alkanes of at least 4 members (excludes halogenated alkanes) is 3. The maximum Gasteiger partial charge on any atom is 0.119 e. The van der Waals surface area contributed by atoms with Crippen molar-refractivity contribution in [3.8, 4) is 5.75 Å². The highest BCUT2D eigenvalue weighted by atomic mass is 16.5. The zero-order valence-electron chi connectivity index (χ0n) is 17.0. The third-order valence-electron chi connectivity index (χ3n) is 5.39. The number of aryl methyl sites for hydroxylation is 1. The summed E-state index contributed by atoms with van der Waals surface area (Å²) in [6.07, 6.45) is 12.1. The van der Waals surface area contributed by atoms with E-state index in [1.165, 1.54) is 50.8 Å². The smallest absolute Gasteiger partial charge is 0.119 e. The molecule has 1 saturated heterocycles. The van der Waals surface area contributed by atoms with E-state index in [4.69, 9.17) is 9.84 Å². The zero-order chi connectivity index (χ0) is 19.4. The molecule has 0 saturated carbocycles. The summed E-state index contributed by atoms with van der Waals surface area (Å²) >= 11 is 0. The molecule has 0 amide bonds. The van der Waals surface area contributed by atoms with Crippen molar-refractivity contribution in [2.45, 2.75) is 64.3 Å². The molecule has 3 rings (SSSR count). The van der Waals surface area contributed by atoms with Gasteiger partial charge in [0.2, 0.25) is 0 Å². The number of ether oxygens (including phenoxy) is 1. The Morgan fingerprint density at radius 2 is 1.89 bits per heavy atom. The van der Waals surface area contributed by atoms with Crippen LogP contribution in [0.4, 0.5) is 0 Å². The molecule has 1 aromatic carbocycles. The Morgan fingerprint density at radius 3 is 2.75 bits per heavy atom. The van der Waals surface area contributed by atoms with E-state index in [1.807, 2.05) is 6.20 Å². The Balaban J connectivity index is 1.27. The lowest BCUT2D eigenvalue weighted by Gasteiger charge is -2.26. The second-order valence-electron chi connectivity index (χ2n) is 7.83. The summed E-state index contributed by atoms with van der Waals surface area (Å²) in [4.78, 5) is 10.2. The van der Waals surface area contributed by atoms with E-state index in [2.05, 4.69) is 39.1 Å². The van der Waals surface area contributed by atoms with Crippen LogP contribution < -0.4 is 4.74 Å². The van der Waals surface area contributed by atoms with Crippen LogP contribution in [0.1, 0.15) is 62.0 Å². The Bertz CT molecular complexity index is 680. The van der Waals surface area contributed by atoms with Gasteiger partial charge < -0.3 is 14.8 Å². The van der Waals surface area contributed by atoms with Crippen LogP contribution in [-0.2, 0) is 19.4 Å². The summed E-state index contributed by atoms with van der Waals surface area (Å²) in [7, 11) is 0. The number of rotatable bonds is 12. The molecular formula is C23H35N3O2. The second kappa shape index (κ2) is 11.9. The van der Waals surface area contributed by atoms with Crippen molar-refractivity contribution < 1.29 is 9.84 Å². The molecule has 0 unspecified atom stereocenters. The molecule has 5 heteroatoms. The molecule has 0 aliphatic carbocycles. The van der Waals surface area contributed by atoms with Crippen LogP contribution in [-0.4, -0.2) is 46.3 Å². The second-order valence-corrected chi connectivity index (χ2v) is 7.83. The topological polar surface area (TPSA) is 61.4 Å². The Labute approximate surface area is 169 Å². The first-order chi connectivity index (χ1) is 13.8. The summed E-state index contributed by atoms with van der Waals surface area (Å²) in [5.74, 6) is 2.03. The van der Waals surface area contributed by atoms with Crippen molar-refractivity contribution in [3.05, 3.63) is 47.5 Å². The first-order valence-electron chi connectivity index (χ1n) is 10.9. The molecule has 2 aromatic rings. The molecule has 2 N–H and O–H groups in total. The lowest BCUT2D eigenvalue weighted by molar-refractivity contribution is 0.220. The first-order valence-corrected chi connectivity index (χ1v) is 10.9. The van der Waals surface area contributed by atoms with Crippen molar-refractivity contribution in [3.63, 3.8) is 0 Å². The van der Waals surface area contributed by atoms with E-state index < -0.39 is 0 Å². The maximum atomic E-state index is 8.94. The molecule has 0 atom stereocenters. The van der Waals surface area contributed by atoms with Crippen LogP contribution in [0.25, 0.3) is 0 Å². The van der Waals surface area contributed by atoms with E-state index in [1.54, 1.807) is 0 Å². The highest BCUT2D eigenvalue weighted by molar-refractivity contribution is 5.28. The summed E-state index contributed by atoms with van der Waals surface area (Å²) in [6.45, 7) is 4.46. The molecule has 0 bridgehead atoms. The number of likely N-dealkylation sites (tertiary alicyclic amines) is 1. The molecule has 28 heavy (non-hydrogen) atoms. The minimum absolute atomic E-state index is 0.169. The van der Waals surface area contributed by atoms with Crippen LogP contribution in [0.5, 0.6) is 5.75 Å². The molecule has 0 spiro atoms. The van der Waals surface area contributed by atoms with Gasteiger partial charge in [0.25, 0.3) is 0 Å². The third-order valence-corrected chi connectivity index (χ3v) is 5.39. The fourth-order valence-corrected chi connectivity index (χ4v) is 3.83. The van der Waals surface area contributed by atoms with Gasteiger partial charge in [-0.25, -0.2) is 4.98 Å². The number of piperidine rings is 1. The van der Waals surface area contributed by atoms with Gasteiger partial charge in [0.1, 0.15) is 11.6 Å². The number of aliphatic hydroxyl groups excluding tert-OH is 1. The normalized spacial score (nSPS) is 15.0. The molecule has 1 aliphatic rings. The van der Waals surface area contributed by atoms with Crippen LogP contribution in [0.3, 0.4) is 0 Å². The molecule has 154 valence electrons. The van der Waals surface area contributed by atoms with E-state index >= 15 is 0 Å². The third kappa shape index (κ3) is 7.28. The largest absolute Gasteiger partial charge is 0.494 e. The number of aliphatic hydroxyl groups is 1. The van der Waals surface area contributed by atoms with Crippen LogP contribution in [0.2, 0.25) is 0 Å². The Hall–Kier alpha value is -1.85. The van der Waals surface area contributed by atoms with Crippen molar-refractivity contribution >= 4 is 0 Å². The zero-order valence-corrected chi connectivity index (χ0v) is 17.0. The summed E-state index contributed by atoms with van der Waals surface area (Å²) in [5.41, 5.74) is 2.38. The molecule has 0 radical (unpaired) electrons. The van der Waals surface area contributed by atoms with Crippen molar-refractivity contribution in [2.75, 3.05) is 26.3 Å². The van der Waals surface area contributed by atoms with Gasteiger partial charge in [-0.1, -0.05) is 31.4 Å². The number of benzene rings is 1. The first kappa shape index (κ1) is 20.9. The number of hydrogen-bond donors (Lipinski definition) is 2. The van der Waals surface area contributed by atoms with E-state index in [0.29, 0.717) is 6.42 Å². The van der Waals surface area contributed by atoms with E-state index in [9.17, 15) is 0 Å². The van der Waals surface area contributed by atoms with Gasteiger partial charge in [-0.15, -0.1) is 0 Å². The Kier molecular flexibility index (Phi) is 8.85. The number of aromatic amines is 1. The van der Waals surface area contributed by atoms with Gasteiger partial charge in [0, 0.05) is 37.9 Å². The van der Waals surface area contributed by atoms with Gasteiger partial charge in [-0.05, 0) is 56.5 Å². The van der Waals surface area contributed by atoms with Crippen molar-refractivity contribution in [2.24, 2.45) is 0 Å². The standard InChI is InChI=1S/C23H35N3O2/c27-15-12-21-18-24-23(25-21)11-4-1-2-7-16-28-22-10-8-9-20(17-22)19-26-13-5-3-6-14-26/h8-10,17-18,27H,1-7,11-16,19H2,(H,24,25). The molecule has 2 heterocycles. The fourth-order valence-electron chi connectivity index (χ4n) is 3.83. The summed E-state index contributed by atoms with van der Waals surface area (Å²) in [5, 5.41) is 8.94. The molecular weight excluding hydrogens is 350 g/mol. The molecule has 1 aliphatic heterocycles. The average molecular weight is 386 g/mol. The number of H-pyrrole nitrogens is 1. The van der Waals surface area contributed by atoms with Gasteiger partial charge in [-0.3, -0.25) is 4.90 Å². The van der Waals surface area contributed by atoms with Gasteiger partial charge in [0.15, 0.2) is 0 Å². The van der Waals surface area contributed by atoms with Gasteiger partial charge in [-0.2, -0.15) is 0 Å². The Morgan fingerprint density at radius 1 is 1.04 bits per heavy atom. The number of nitrogens with one attached hydrogen (secondary N) is 1. The average Bonchev–Trinajstić information content (AvgIpc) is 3.16. The minimum atomic E-state index is 0.169. The van der Waals surface area contributed by atoms with Crippen LogP contribution in [0, 0.1) is 0 Å². The molecule has 1 aromatic heterocycles. The summed E-state index contributed by atoms with van der Waals surface area (Å²) < 4.78 is 5.97. The maximum absolute atomic E-state index is 8.94. The highest BCUT2D eigenvalue weighted by Gasteiger charge is 2.10. The SMILES string of the molecule is OCCc1cnc(CCCCCCOc2cccc(CN3CCCCC3)c2)[nH]1. The number of imidazole rings is 1. The molecule has 5 nitrogen and oxygen atoms in total. The number of aromatic nitrogens is 2. The van der Waals surface area contributed by atoms with E-state index in [-0.39, 0.29) is 6.61 Å². The number of nitrogens with zero attached hydrogens (tertiary/aromatic N) is 2. The minimum Gasteiger partial charge on any atom is -0.494 e. The van der Waals surface area contributed by atoms with Gasteiger partial charge >= 0.3 is 0 Å².